The zero-order valence-corrected chi connectivity index (χ0v) is 12.8. The second-order valence-corrected chi connectivity index (χ2v) is 5.87. The van der Waals surface area contributed by atoms with Gasteiger partial charge in [-0.1, -0.05) is 53.0 Å². The molecule has 5 heteroatoms. The monoisotopic (exact) mass is 327 g/mol. The van der Waals surface area contributed by atoms with Crippen LogP contribution in [-0.4, -0.2) is 6.61 Å². The van der Waals surface area contributed by atoms with E-state index in [1.165, 1.54) is 0 Å². The van der Waals surface area contributed by atoms with Crippen LogP contribution in [0.4, 0.5) is 5.69 Å². The van der Waals surface area contributed by atoms with Crippen molar-refractivity contribution in [2.45, 2.75) is 12.5 Å². The van der Waals surface area contributed by atoms with E-state index in [9.17, 15) is 0 Å². The maximum atomic E-state index is 6.22. The van der Waals surface area contributed by atoms with Crippen LogP contribution < -0.4 is 10.1 Å². The third-order valence-electron chi connectivity index (χ3n) is 3.28. The van der Waals surface area contributed by atoms with Crippen LogP contribution >= 0.6 is 34.8 Å². The second kappa shape index (κ2) is 5.72. The summed E-state index contributed by atoms with van der Waals surface area (Å²) in [6.45, 7) is 0.664. The highest BCUT2D eigenvalue weighted by molar-refractivity contribution is 6.41. The van der Waals surface area contributed by atoms with Gasteiger partial charge in [0.2, 0.25) is 0 Å². The van der Waals surface area contributed by atoms with Crippen LogP contribution in [0.25, 0.3) is 0 Å². The van der Waals surface area contributed by atoms with Crippen LogP contribution in [0, 0.1) is 0 Å². The summed E-state index contributed by atoms with van der Waals surface area (Å²) in [4.78, 5) is 0. The number of para-hydroxylation sites is 1. The van der Waals surface area contributed by atoms with Gasteiger partial charge in [-0.2, -0.15) is 0 Å². The first-order chi connectivity index (χ1) is 9.65. The van der Waals surface area contributed by atoms with Crippen molar-refractivity contribution in [2.75, 3.05) is 11.9 Å². The number of ether oxygens (including phenoxy) is 1. The molecule has 0 fully saturated rings. The Kier molecular flexibility index (Phi) is 3.97. The van der Waals surface area contributed by atoms with Crippen molar-refractivity contribution in [1.29, 1.82) is 0 Å². The molecule has 0 spiro atoms. The Labute approximate surface area is 132 Å². The summed E-state index contributed by atoms with van der Waals surface area (Å²) in [7, 11) is 0. The van der Waals surface area contributed by atoms with Crippen molar-refractivity contribution >= 4 is 40.5 Å². The molecule has 1 aliphatic heterocycles. The van der Waals surface area contributed by atoms with Crippen molar-refractivity contribution in [3.05, 3.63) is 57.0 Å². The maximum Gasteiger partial charge on any atom is 0.124 e. The van der Waals surface area contributed by atoms with E-state index in [0.29, 0.717) is 27.4 Å². The zero-order valence-electron chi connectivity index (χ0n) is 10.5. The number of fused-ring (bicyclic) bond motifs is 1. The molecule has 1 atom stereocenters. The van der Waals surface area contributed by atoms with Crippen LogP contribution in [0.15, 0.2) is 36.4 Å². The fraction of sp³-hybridized carbons (Fsp3) is 0.200. The third kappa shape index (κ3) is 2.69. The lowest BCUT2D eigenvalue weighted by atomic mass is 10.0. The molecule has 2 aromatic rings. The summed E-state index contributed by atoms with van der Waals surface area (Å²) in [6, 6.07) is 11.5. The van der Waals surface area contributed by atoms with Gasteiger partial charge in [0, 0.05) is 17.0 Å². The lowest BCUT2D eigenvalue weighted by Gasteiger charge is -2.28. The van der Waals surface area contributed by atoms with Crippen LogP contribution in [-0.2, 0) is 0 Å². The molecule has 20 heavy (non-hydrogen) atoms. The van der Waals surface area contributed by atoms with E-state index in [4.69, 9.17) is 39.5 Å². The molecule has 0 amide bonds. The largest absolute Gasteiger partial charge is 0.493 e. The van der Waals surface area contributed by atoms with Crippen molar-refractivity contribution in [3.63, 3.8) is 0 Å². The maximum absolute atomic E-state index is 6.22. The van der Waals surface area contributed by atoms with Gasteiger partial charge in [-0.05, 0) is 18.2 Å². The van der Waals surface area contributed by atoms with Crippen molar-refractivity contribution in [2.24, 2.45) is 0 Å². The lowest BCUT2D eigenvalue weighted by molar-refractivity contribution is 0.274. The molecule has 0 aliphatic carbocycles. The van der Waals surface area contributed by atoms with Gasteiger partial charge in [-0.25, -0.2) is 0 Å². The molecule has 1 unspecified atom stereocenters. The molecule has 104 valence electrons. The smallest absolute Gasteiger partial charge is 0.124 e. The molecular weight excluding hydrogens is 317 g/mol. The minimum atomic E-state index is 0.121. The van der Waals surface area contributed by atoms with Gasteiger partial charge in [0.1, 0.15) is 5.75 Å². The topological polar surface area (TPSA) is 21.3 Å². The summed E-state index contributed by atoms with van der Waals surface area (Å²) in [5, 5.41) is 4.96. The number of rotatable bonds is 2. The molecule has 0 saturated heterocycles. The van der Waals surface area contributed by atoms with Gasteiger partial charge in [0.15, 0.2) is 0 Å². The van der Waals surface area contributed by atoms with Crippen LogP contribution in [0.5, 0.6) is 5.75 Å². The molecule has 0 radical (unpaired) electrons. The van der Waals surface area contributed by atoms with Crippen molar-refractivity contribution in [3.8, 4) is 5.75 Å². The molecule has 0 saturated carbocycles. The number of halogens is 3. The van der Waals surface area contributed by atoms with Gasteiger partial charge in [0.05, 0.1) is 28.4 Å². The first-order valence-electron chi connectivity index (χ1n) is 6.28. The molecule has 1 N–H and O–H groups in total. The fourth-order valence-corrected chi connectivity index (χ4v) is 3.27. The Morgan fingerprint density at radius 2 is 1.75 bits per heavy atom. The molecule has 2 aromatic carbocycles. The molecule has 2 nitrogen and oxygen atoms in total. The minimum absolute atomic E-state index is 0.121. The SMILES string of the molecule is Clc1cc(Cl)c(NC2CCOc3ccccc32)c(Cl)c1. The minimum Gasteiger partial charge on any atom is -0.493 e. The van der Waals surface area contributed by atoms with Crippen LogP contribution in [0.2, 0.25) is 15.1 Å². The van der Waals surface area contributed by atoms with Crippen LogP contribution in [0.3, 0.4) is 0 Å². The third-order valence-corrected chi connectivity index (χ3v) is 4.10. The Bertz CT molecular complexity index is 622. The summed E-state index contributed by atoms with van der Waals surface area (Å²) >= 11 is 18.4. The highest BCUT2D eigenvalue weighted by Gasteiger charge is 2.22. The number of hydrogen-bond acceptors (Lipinski definition) is 2. The highest BCUT2D eigenvalue weighted by Crippen LogP contribution is 2.39. The molecule has 0 aromatic heterocycles. The van der Waals surface area contributed by atoms with Gasteiger partial charge < -0.3 is 10.1 Å². The Morgan fingerprint density at radius 1 is 1.05 bits per heavy atom. The van der Waals surface area contributed by atoms with Gasteiger partial charge in [-0.3, -0.25) is 0 Å². The van der Waals surface area contributed by atoms with Gasteiger partial charge >= 0.3 is 0 Å². The summed E-state index contributed by atoms with van der Waals surface area (Å²) in [6.07, 6.45) is 0.853. The molecule has 1 heterocycles. The summed E-state index contributed by atoms with van der Waals surface area (Å²) in [5.41, 5.74) is 1.82. The standard InChI is InChI=1S/C15H12Cl3NO/c16-9-7-11(17)15(12(18)8-9)19-13-5-6-20-14-4-2-1-3-10(13)14/h1-4,7-8,13,19H,5-6H2. The average molecular weight is 329 g/mol. The highest BCUT2D eigenvalue weighted by atomic mass is 35.5. The first-order valence-corrected chi connectivity index (χ1v) is 7.41. The van der Waals surface area contributed by atoms with Crippen molar-refractivity contribution in [1.82, 2.24) is 0 Å². The van der Waals surface area contributed by atoms with E-state index in [-0.39, 0.29) is 6.04 Å². The Hall–Kier alpha value is -1.09. The van der Waals surface area contributed by atoms with Crippen molar-refractivity contribution < 1.29 is 4.74 Å². The van der Waals surface area contributed by atoms with Crippen LogP contribution in [0.1, 0.15) is 18.0 Å². The van der Waals surface area contributed by atoms with E-state index in [1.807, 2.05) is 24.3 Å². The fourth-order valence-electron chi connectivity index (χ4n) is 2.35. The predicted molar refractivity (Wildman–Crippen MR) is 84.4 cm³/mol. The first kappa shape index (κ1) is 13.9. The number of anilines is 1. The summed E-state index contributed by atoms with van der Waals surface area (Å²) in [5.74, 6) is 0.900. The lowest BCUT2D eigenvalue weighted by Crippen LogP contribution is -2.20. The average Bonchev–Trinajstić information content (AvgIpc) is 2.43. The number of hydrogen-bond donors (Lipinski definition) is 1. The molecule has 1 aliphatic rings. The van der Waals surface area contributed by atoms with E-state index in [0.717, 1.165) is 17.7 Å². The molecular formula is C15H12Cl3NO. The predicted octanol–water partition coefficient (Wildman–Crippen LogP) is 5.58. The van der Waals surface area contributed by atoms with E-state index >= 15 is 0 Å². The van der Waals surface area contributed by atoms with Gasteiger partial charge in [-0.15, -0.1) is 0 Å². The zero-order chi connectivity index (χ0) is 14.1. The second-order valence-electron chi connectivity index (χ2n) is 4.62. The Morgan fingerprint density at radius 3 is 2.50 bits per heavy atom. The van der Waals surface area contributed by atoms with E-state index in [2.05, 4.69) is 5.32 Å². The van der Waals surface area contributed by atoms with E-state index in [1.54, 1.807) is 12.1 Å². The normalized spacial score (nSPS) is 17.2. The summed E-state index contributed by atoms with van der Waals surface area (Å²) < 4.78 is 5.64. The number of nitrogens with one attached hydrogen (secondary N) is 1. The van der Waals surface area contributed by atoms with E-state index < -0.39 is 0 Å². The molecule has 0 bridgehead atoms. The Balaban J connectivity index is 1.94. The van der Waals surface area contributed by atoms with Gasteiger partial charge in [0.25, 0.3) is 0 Å². The quantitative estimate of drug-likeness (QED) is 0.776. The number of benzene rings is 2. The molecule has 3 rings (SSSR count).